The highest BCUT2D eigenvalue weighted by Gasteiger charge is 2.40. The number of amidine groups is 1. The van der Waals surface area contributed by atoms with Crippen molar-refractivity contribution >= 4 is 34.2 Å². The van der Waals surface area contributed by atoms with Gasteiger partial charge in [0.15, 0.2) is 0 Å². The van der Waals surface area contributed by atoms with E-state index in [4.69, 9.17) is 23.2 Å². The average Bonchev–Trinajstić information content (AvgIpc) is 2.76. The van der Waals surface area contributed by atoms with E-state index in [-0.39, 0.29) is 5.29 Å². The number of nitrogens with zero attached hydrogens (tertiary/aromatic N) is 2. The first kappa shape index (κ1) is 13.3. The number of hydrogen-bond donors (Lipinski definition) is 0. The highest BCUT2D eigenvalue weighted by atomic mass is 35.5. The Bertz CT molecular complexity index is 707. The third-order valence-corrected chi connectivity index (χ3v) is 3.86. The van der Waals surface area contributed by atoms with Crippen molar-refractivity contribution in [3.63, 3.8) is 0 Å². The molecule has 1 heterocycles. The molecule has 3 rings (SSSR count). The van der Waals surface area contributed by atoms with Gasteiger partial charge in [-0.15, -0.1) is 0 Å². The van der Waals surface area contributed by atoms with Crippen LogP contribution in [-0.4, -0.2) is 11.0 Å². The van der Waals surface area contributed by atoms with Crippen molar-refractivity contribution in [1.82, 2.24) is 0 Å². The van der Waals surface area contributed by atoms with Crippen LogP contribution in [0.25, 0.3) is 0 Å². The van der Waals surface area contributed by atoms with E-state index in [2.05, 4.69) is 9.98 Å². The summed E-state index contributed by atoms with van der Waals surface area (Å²) < 4.78 is 0. The average molecular weight is 303 g/mol. The standard InChI is InChI=1S/C16H12Cl2N2/c1-11-6-5-9-13(10-11)16(18)14(19-15(17)20-16)12-7-3-2-4-8-12/h2-10H,1H3. The topological polar surface area (TPSA) is 24.7 Å². The molecule has 0 saturated heterocycles. The fourth-order valence-electron chi connectivity index (χ4n) is 2.28. The minimum atomic E-state index is -1.05. The van der Waals surface area contributed by atoms with Gasteiger partial charge in [0.05, 0.1) is 5.71 Å². The zero-order chi connectivity index (χ0) is 14.2. The van der Waals surface area contributed by atoms with Gasteiger partial charge in [0.25, 0.3) is 0 Å². The first-order valence-corrected chi connectivity index (χ1v) is 7.01. The molecule has 0 bridgehead atoms. The van der Waals surface area contributed by atoms with E-state index < -0.39 is 5.00 Å². The molecule has 0 amide bonds. The summed E-state index contributed by atoms with van der Waals surface area (Å²) in [5.74, 6) is 0. The maximum atomic E-state index is 6.76. The Kier molecular flexibility index (Phi) is 3.36. The normalized spacial score (nSPS) is 21.6. The number of rotatable bonds is 2. The molecule has 1 aliphatic rings. The summed E-state index contributed by atoms with van der Waals surface area (Å²) in [6, 6.07) is 17.7. The molecule has 0 fully saturated rings. The molecule has 2 aromatic rings. The maximum Gasteiger partial charge on any atom is 0.220 e. The number of alkyl halides is 1. The predicted octanol–water partition coefficient (Wildman–Crippen LogP) is 4.48. The second-order valence-electron chi connectivity index (χ2n) is 4.70. The smallest absolute Gasteiger partial charge is 0.220 e. The largest absolute Gasteiger partial charge is 0.221 e. The molecule has 0 spiro atoms. The molecular weight excluding hydrogens is 291 g/mol. The van der Waals surface area contributed by atoms with E-state index >= 15 is 0 Å². The maximum absolute atomic E-state index is 6.76. The fraction of sp³-hybridized carbons (Fsp3) is 0.125. The summed E-state index contributed by atoms with van der Waals surface area (Å²) in [7, 11) is 0. The lowest BCUT2D eigenvalue weighted by atomic mass is 9.95. The van der Waals surface area contributed by atoms with E-state index in [1.165, 1.54) is 0 Å². The molecule has 4 heteroatoms. The number of hydrogen-bond acceptors (Lipinski definition) is 2. The highest BCUT2D eigenvalue weighted by molar-refractivity contribution is 6.67. The molecule has 0 aliphatic carbocycles. The minimum Gasteiger partial charge on any atom is -0.221 e. The molecule has 0 saturated carbocycles. The molecule has 2 nitrogen and oxygen atoms in total. The van der Waals surface area contributed by atoms with Gasteiger partial charge in [-0.25, -0.2) is 9.98 Å². The summed E-state index contributed by atoms with van der Waals surface area (Å²) in [6.45, 7) is 2.02. The summed E-state index contributed by atoms with van der Waals surface area (Å²) in [6.07, 6.45) is 0. The van der Waals surface area contributed by atoms with Gasteiger partial charge < -0.3 is 0 Å². The Labute approximate surface area is 127 Å². The zero-order valence-corrected chi connectivity index (χ0v) is 12.4. The molecule has 20 heavy (non-hydrogen) atoms. The quantitative estimate of drug-likeness (QED) is 0.577. The lowest BCUT2D eigenvalue weighted by Crippen LogP contribution is -2.26. The van der Waals surface area contributed by atoms with Crippen LogP contribution in [0.2, 0.25) is 0 Å². The van der Waals surface area contributed by atoms with Gasteiger partial charge in [0.2, 0.25) is 10.3 Å². The van der Waals surface area contributed by atoms with E-state index in [0.717, 1.165) is 16.7 Å². The van der Waals surface area contributed by atoms with E-state index in [1.807, 2.05) is 61.5 Å². The van der Waals surface area contributed by atoms with Gasteiger partial charge in [-0.3, -0.25) is 0 Å². The predicted molar refractivity (Wildman–Crippen MR) is 85.0 cm³/mol. The van der Waals surface area contributed by atoms with Crippen molar-refractivity contribution in [2.24, 2.45) is 9.98 Å². The van der Waals surface area contributed by atoms with Crippen molar-refractivity contribution in [3.05, 3.63) is 71.3 Å². The third-order valence-electron chi connectivity index (χ3n) is 3.21. The van der Waals surface area contributed by atoms with Gasteiger partial charge in [-0.05, 0) is 18.5 Å². The van der Waals surface area contributed by atoms with Crippen LogP contribution in [0.5, 0.6) is 0 Å². The molecule has 0 N–H and O–H groups in total. The SMILES string of the molecule is Cc1cccc(C2(Cl)N=C(Cl)N=C2c2ccccc2)c1. The molecular formula is C16H12Cl2N2. The van der Waals surface area contributed by atoms with E-state index in [1.54, 1.807) is 0 Å². The van der Waals surface area contributed by atoms with Gasteiger partial charge in [0, 0.05) is 11.1 Å². The summed E-state index contributed by atoms with van der Waals surface area (Å²) in [4.78, 5) is 7.60. The van der Waals surface area contributed by atoms with E-state index in [0.29, 0.717) is 5.71 Å². The number of aliphatic imine (C=N–C) groups is 2. The number of aryl methyl sites for hydroxylation is 1. The number of halogens is 2. The molecule has 0 radical (unpaired) electrons. The van der Waals surface area contributed by atoms with Gasteiger partial charge in [0.1, 0.15) is 0 Å². The molecule has 1 unspecified atom stereocenters. The molecule has 1 atom stereocenters. The zero-order valence-electron chi connectivity index (χ0n) is 10.8. The van der Waals surface area contributed by atoms with Crippen LogP contribution in [-0.2, 0) is 5.00 Å². The van der Waals surface area contributed by atoms with Crippen LogP contribution >= 0.6 is 23.2 Å². The van der Waals surface area contributed by atoms with Crippen LogP contribution < -0.4 is 0 Å². The second-order valence-corrected chi connectivity index (χ2v) is 5.58. The second kappa shape index (κ2) is 5.04. The monoisotopic (exact) mass is 302 g/mol. The Hall–Kier alpha value is -1.64. The Morgan fingerprint density at radius 1 is 1.00 bits per heavy atom. The van der Waals surface area contributed by atoms with Crippen molar-refractivity contribution in [2.75, 3.05) is 0 Å². The Morgan fingerprint density at radius 2 is 1.75 bits per heavy atom. The van der Waals surface area contributed by atoms with Gasteiger partial charge in [-0.1, -0.05) is 71.8 Å². The van der Waals surface area contributed by atoms with Crippen LogP contribution in [0, 0.1) is 6.92 Å². The third kappa shape index (κ3) is 2.26. The van der Waals surface area contributed by atoms with Crippen molar-refractivity contribution in [1.29, 1.82) is 0 Å². The molecule has 0 aromatic heterocycles. The van der Waals surface area contributed by atoms with Crippen LogP contribution in [0.1, 0.15) is 16.7 Å². The molecule has 2 aromatic carbocycles. The van der Waals surface area contributed by atoms with Gasteiger partial charge in [-0.2, -0.15) is 0 Å². The lowest BCUT2D eigenvalue weighted by Gasteiger charge is -2.21. The minimum absolute atomic E-state index is 0.181. The summed E-state index contributed by atoms with van der Waals surface area (Å²) in [5.41, 5.74) is 3.57. The Balaban J connectivity index is 2.14. The van der Waals surface area contributed by atoms with Gasteiger partial charge >= 0.3 is 0 Å². The first-order valence-electron chi connectivity index (χ1n) is 6.25. The summed E-state index contributed by atoms with van der Waals surface area (Å²) in [5, 5.41) is 0.181. The van der Waals surface area contributed by atoms with Crippen LogP contribution in [0.4, 0.5) is 0 Å². The fourth-order valence-corrected chi connectivity index (χ4v) is 2.88. The van der Waals surface area contributed by atoms with Crippen molar-refractivity contribution in [3.8, 4) is 0 Å². The number of benzene rings is 2. The molecule has 100 valence electrons. The molecule has 1 aliphatic heterocycles. The van der Waals surface area contributed by atoms with Crippen molar-refractivity contribution in [2.45, 2.75) is 11.9 Å². The Morgan fingerprint density at radius 3 is 2.45 bits per heavy atom. The van der Waals surface area contributed by atoms with Crippen LogP contribution in [0.15, 0.2) is 64.6 Å². The highest BCUT2D eigenvalue weighted by Crippen LogP contribution is 2.39. The van der Waals surface area contributed by atoms with Crippen LogP contribution in [0.3, 0.4) is 0 Å². The lowest BCUT2D eigenvalue weighted by molar-refractivity contribution is 0.885. The summed E-state index contributed by atoms with van der Waals surface area (Å²) >= 11 is 12.8. The van der Waals surface area contributed by atoms with E-state index in [9.17, 15) is 0 Å². The van der Waals surface area contributed by atoms with Crippen molar-refractivity contribution < 1.29 is 0 Å². The first-order chi connectivity index (χ1) is 9.59.